The molecule has 2 rings (SSSR count). The van der Waals surface area contributed by atoms with Gasteiger partial charge in [0.2, 0.25) is 17.7 Å². The van der Waals surface area contributed by atoms with Crippen LogP contribution >= 0.6 is 0 Å². The maximum atomic E-state index is 14.3. The van der Waals surface area contributed by atoms with E-state index in [0.29, 0.717) is 26.1 Å². The van der Waals surface area contributed by atoms with Crippen LogP contribution < -0.4 is 5.32 Å². The zero-order valence-corrected chi connectivity index (χ0v) is 36.2. The minimum atomic E-state index is -0.595. The predicted octanol–water partition coefficient (Wildman–Crippen LogP) is 5.56. The number of carbonyl (C=O) groups is 5. The van der Waals surface area contributed by atoms with Crippen LogP contribution in [0.1, 0.15) is 121 Å². The number of amides is 3. The summed E-state index contributed by atoms with van der Waals surface area (Å²) in [5, 5.41) is 4.55. The van der Waals surface area contributed by atoms with Gasteiger partial charge in [-0.2, -0.15) is 0 Å². The number of likely N-dealkylation sites (tertiary alicyclic amines) is 1. The Kier molecular flexibility index (Phi) is 19.2. The summed E-state index contributed by atoms with van der Waals surface area (Å²) >= 11 is 0. The highest BCUT2D eigenvalue weighted by atomic mass is 16.7. The molecular formula is C42H76N4O8. The van der Waals surface area contributed by atoms with Gasteiger partial charge >= 0.3 is 0 Å². The van der Waals surface area contributed by atoms with Gasteiger partial charge in [0.15, 0.2) is 5.78 Å². The van der Waals surface area contributed by atoms with Crippen molar-refractivity contribution in [1.29, 1.82) is 0 Å². The van der Waals surface area contributed by atoms with Gasteiger partial charge in [-0.1, -0.05) is 75.7 Å². The third-order valence-corrected chi connectivity index (χ3v) is 12.2. The highest BCUT2D eigenvalue weighted by Gasteiger charge is 2.45. The number of hydrogen-bond donors (Lipinski definition) is 1. The number of hydroxylamine groups is 2. The molecule has 0 saturated carbocycles. The fourth-order valence-electron chi connectivity index (χ4n) is 8.52. The number of rotatable bonds is 21. The molecular weight excluding hydrogens is 688 g/mol. The first-order chi connectivity index (χ1) is 25.3. The minimum Gasteiger partial charge on any atom is -0.379 e. The number of ketones is 2. The molecule has 2 aliphatic heterocycles. The van der Waals surface area contributed by atoms with Crippen LogP contribution in [0.25, 0.3) is 0 Å². The summed E-state index contributed by atoms with van der Waals surface area (Å²) in [6.07, 6.45) is 3.08. The number of likely N-dealkylation sites (N-methyl/N-ethyl adjacent to an activating group) is 2. The maximum absolute atomic E-state index is 14.3. The van der Waals surface area contributed by atoms with Gasteiger partial charge in [0.1, 0.15) is 5.78 Å². The molecule has 0 aromatic carbocycles. The molecule has 0 aliphatic carbocycles. The van der Waals surface area contributed by atoms with Crippen LogP contribution in [0.5, 0.6) is 0 Å². The lowest BCUT2D eigenvalue weighted by Gasteiger charge is -2.41. The Labute approximate surface area is 327 Å². The number of methoxy groups -OCH3 is 2. The molecule has 3 amide bonds. The van der Waals surface area contributed by atoms with Crippen molar-refractivity contribution in [3.63, 3.8) is 0 Å². The summed E-state index contributed by atoms with van der Waals surface area (Å²) in [4.78, 5) is 78.6. The molecule has 0 bridgehead atoms. The van der Waals surface area contributed by atoms with E-state index in [1.165, 1.54) is 5.06 Å². The van der Waals surface area contributed by atoms with E-state index in [2.05, 4.69) is 19.2 Å². The first-order valence-electron chi connectivity index (χ1n) is 20.6. The van der Waals surface area contributed by atoms with E-state index in [1.807, 2.05) is 60.3 Å². The fraction of sp³-hybridized carbons (Fsp3) is 0.881. The molecule has 12 heteroatoms. The zero-order chi connectivity index (χ0) is 41.1. The van der Waals surface area contributed by atoms with Crippen LogP contribution in [-0.2, 0) is 38.3 Å². The Bertz CT molecular complexity index is 1230. The lowest BCUT2D eigenvalue weighted by Crippen LogP contribution is -2.54. The molecule has 1 N–H and O–H groups in total. The molecule has 0 aromatic rings. The molecule has 0 radical (unpaired) electrons. The third kappa shape index (κ3) is 12.3. The SMILES string of the molecule is CC[C@H](C)[C@@H]([C@@H](CC(=O)N1CCC[C@H]1[C@H](OC)[C@@H](C)C(=O)C[C@H](C(=O)N1CCCCO1)C(C)(C)C)OC)N(C)C(=O)[C@@H](CC(=O)[C@@H](NC)C(C)C)C(C)C. The van der Waals surface area contributed by atoms with Gasteiger partial charge in [0.05, 0.1) is 49.3 Å². The summed E-state index contributed by atoms with van der Waals surface area (Å²) in [6, 6.07) is -1.07. The molecule has 0 unspecified atom stereocenters. The predicted molar refractivity (Wildman–Crippen MR) is 211 cm³/mol. The topological polar surface area (TPSA) is 135 Å². The van der Waals surface area contributed by atoms with Crippen molar-refractivity contribution >= 4 is 29.3 Å². The Morgan fingerprint density at radius 1 is 0.870 bits per heavy atom. The summed E-state index contributed by atoms with van der Waals surface area (Å²) in [5.41, 5.74) is -0.463. The first-order valence-corrected chi connectivity index (χ1v) is 20.6. The van der Waals surface area contributed by atoms with Gasteiger partial charge in [0.25, 0.3) is 0 Å². The Balaban J connectivity index is 2.28. The van der Waals surface area contributed by atoms with Gasteiger partial charge < -0.3 is 24.6 Å². The Hall–Kier alpha value is -2.41. The third-order valence-electron chi connectivity index (χ3n) is 12.2. The van der Waals surface area contributed by atoms with E-state index in [0.717, 1.165) is 25.7 Å². The summed E-state index contributed by atoms with van der Waals surface area (Å²) in [5.74, 6) is -2.06. The Morgan fingerprint density at radius 2 is 1.52 bits per heavy atom. The van der Waals surface area contributed by atoms with Crippen LogP contribution in [0.4, 0.5) is 0 Å². The van der Waals surface area contributed by atoms with E-state index in [1.54, 1.807) is 33.2 Å². The smallest absolute Gasteiger partial charge is 0.250 e. The van der Waals surface area contributed by atoms with Crippen LogP contribution in [0, 0.1) is 40.9 Å². The van der Waals surface area contributed by atoms with Crippen molar-refractivity contribution in [3.05, 3.63) is 0 Å². The molecule has 9 atom stereocenters. The first kappa shape index (κ1) is 47.7. The van der Waals surface area contributed by atoms with Crippen molar-refractivity contribution in [2.24, 2.45) is 40.9 Å². The Morgan fingerprint density at radius 3 is 2.00 bits per heavy atom. The molecule has 312 valence electrons. The van der Waals surface area contributed by atoms with E-state index >= 15 is 0 Å². The number of hydrogen-bond acceptors (Lipinski definition) is 9. The number of nitrogens with zero attached hydrogens (tertiary/aromatic N) is 3. The van der Waals surface area contributed by atoms with Crippen LogP contribution in [0.2, 0.25) is 0 Å². The van der Waals surface area contributed by atoms with Gasteiger partial charge in [-0.25, -0.2) is 5.06 Å². The van der Waals surface area contributed by atoms with Crippen LogP contribution in [-0.4, -0.2) is 122 Å². The molecule has 0 spiro atoms. The second kappa shape index (κ2) is 21.8. The maximum Gasteiger partial charge on any atom is 0.250 e. The standard InChI is InChI=1S/C42H76N4O8/c1-15-28(6)38(44(12)40(50)30(26(2)3)23-34(48)37(43-11)27(4)5)35(52-13)25-36(49)45-20-18-19-32(45)39(53-14)29(7)33(47)24-31(42(8,9)10)41(51)46-21-16-17-22-54-46/h26-32,35,37-39,43H,15-25H2,1-14H3/t28-,29-,30-,31+,32-,35+,37-,38-,39+/m0/s1. The normalized spacial score (nSPS) is 21.3. The van der Waals surface area contributed by atoms with Crippen LogP contribution in [0.3, 0.4) is 0 Å². The number of nitrogens with one attached hydrogen (secondary N) is 1. The van der Waals surface area contributed by atoms with Gasteiger partial charge in [-0.05, 0) is 55.9 Å². The molecule has 12 nitrogen and oxygen atoms in total. The molecule has 54 heavy (non-hydrogen) atoms. The monoisotopic (exact) mass is 765 g/mol. The van der Waals surface area contributed by atoms with Gasteiger partial charge in [0, 0.05) is 59.0 Å². The van der Waals surface area contributed by atoms with E-state index in [-0.39, 0.29) is 78.4 Å². The van der Waals surface area contributed by atoms with Crippen molar-refractivity contribution in [2.75, 3.05) is 48.0 Å². The second-order valence-electron chi connectivity index (χ2n) is 17.7. The number of carbonyl (C=O) groups excluding carboxylic acids is 5. The number of ether oxygens (including phenoxy) is 2. The van der Waals surface area contributed by atoms with Crippen molar-refractivity contribution in [1.82, 2.24) is 20.2 Å². The van der Waals surface area contributed by atoms with Crippen molar-refractivity contribution in [2.45, 2.75) is 151 Å². The summed E-state index contributed by atoms with van der Waals surface area (Å²) < 4.78 is 12.1. The van der Waals surface area contributed by atoms with Crippen LogP contribution in [0.15, 0.2) is 0 Å². The van der Waals surface area contributed by atoms with Gasteiger partial charge in [-0.3, -0.25) is 28.8 Å². The molecule has 2 fully saturated rings. The van der Waals surface area contributed by atoms with E-state index < -0.39 is 41.4 Å². The molecule has 2 saturated heterocycles. The fourth-order valence-corrected chi connectivity index (χ4v) is 8.52. The highest BCUT2D eigenvalue weighted by Crippen LogP contribution is 2.35. The van der Waals surface area contributed by atoms with Crippen molar-refractivity contribution < 1.29 is 38.3 Å². The van der Waals surface area contributed by atoms with E-state index in [9.17, 15) is 24.0 Å². The molecule has 2 aliphatic rings. The quantitative estimate of drug-likeness (QED) is 0.160. The van der Waals surface area contributed by atoms with Gasteiger partial charge in [-0.15, -0.1) is 0 Å². The lowest BCUT2D eigenvalue weighted by molar-refractivity contribution is -0.204. The second-order valence-corrected chi connectivity index (χ2v) is 17.7. The zero-order valence-electron chi connectivity index (χ0n) is 36.2. The average molecular weight is 765 g/mol. The summed E-state index contributed by atoms with van der Waals surface area (Å²) in [7, 11) is 6.71. The highest BCUT2D eigenvalue weighted by molar-refractivity contribution is 5.90. The minimum absolute atomic E-state index is 0.00786. The van der Waals surface area contributed by atoms with Crippen molar-refractivity contribution in [3.8, 4) is 0 Å². The largest absolute Gasteiger partial charge is 0.379 e. The molecule has 0 aromatic heterocycles. The summed E-state index contributed by atoms with van der Waals surface area (Å²) in [6.45, 7) is 21.4. The lowest BCUT2D eigenvalue weighted by atomic mass is 9.75. The number of Topliss-reactive ketones (excluding diaryl/α,β-unsaturated/α-hetero) is 2. The average Bonchev–Trinajstić information content (AvgIpc) is 3.61. The molecule has 2 heterocycles. The van der Waals surface area contributed by atoms with E-state index in [4.69, 9.17) is 14.3 Å².